The zero-order valence-electron chi connectivity index (χ0n) is 10.8. The Hall–Kier alpha value is -1.89. The highest BCUT2D eigenvalue weighted by Crippen LogP contribution is 2.24. The van der Waals surface area contributed by atoms with Crippen molar-refractivity contribution in [2.45, 2.75) is 44.6 Å². The van der Waals surface area contributed by atoms with E-state index in [-0.39, 0.29) is 5.69 Å². The molecule has 104 valence electrons. The van der Waals surface area contributed by atoms with Gasteiger partial charge in [0, 0.05) is 6.04 Å². The summed E-state index contributed by atoms with van der Waals surface area (Å²) in [6.07, 6.45) is 7.06. The zero-order valence-corrected chi connectivity index (χ0v) is 10.8. The molecule has 0 radical (unpaired) electrons. The third kappa shape index (κ3) is 3.78. The Labute approximate surface area is 111 Å². The quantitative estimate of drug-likeness (QED) is 0.334. The van der Waals surface area contributed by atoms with E-state index >= 15 is 0 Å². The Bertz CT molecular complexity index is 444. The number of nitrogens with two attached hydrogens (primary N) is 1. The normalized spacial score (nSPS) is 16.7. The van der Waals surface area contributed by atoms with E-state index in [1.54, 1.807) is 0 Å². The lowest BCUT2D eigenvalue weighted by atomic mass is 10.1. The van der Waals surface area contributed by atoms with Crippen LogP contribution in [0.3, 0.4) is 0 Å². The van der Waals surface area contributed by atoms with Gasteiger partial charge in [-0.05, 0) is 12.8 Å². The van der Waals surface area contributed by atoms with Crippen molar-refractivity contribution in [3.63, 3.8) is 0 Å². The van der Waals surface area contributed by atoms with Crippen LogP contribution in [0.15, 0.2) is 12.1 Å². The molecule has 0 aliphatic heterocycles. The molecule has 2 rings (SSSR count). The van der Waals surface area contributed by atoms with Crippen molar-refractivity contribution in [3.05, 3.63) is 22.2 Å². The minimum Gasteiger partial charge on any atom is -0.367 e. The fourth-order valence-electron chi connectivity index (χ4n) is 2.40. The van der Waals surface area contributed by atoms with Gasteiger partial charge < -0.3 is 10.7 Å². The Kier molecular flexibility index (Phi) is 4.51. The summed E-state index contributed by atoms with van der Waals surface area (Å²) in [6, 6.07) is 3.10. The molecule has 7 heteroatoms. The van der Waals surface area contributed by atoms with Gasteiger partial charge in [-0.1, -0.05) is 25.7 Å². The lowest BCUT2D eigenvalue weighted by Crippen LogP contribution is -2.20. The summed E-state index contributed by atoms with van der Waals surface area (Å²) in [5.41, 5.74) is 2.34. The molecule has 1 heterocycles. The van der Waals surface area contributed by atoms with Crippen molar-refractivity contribution in [1.82, 2.24) is 4.98 Å². The van der Waals surface area contributed by atoms with Gasteiger partial charge >= 0.3 is 0 Å². The summed E-state index contributed by atoms with van der Waals surface area (Å²) in [6.45, 7) is 0. The second-order valence-electron chi connectivity index (χ2n) is 4.83. The average molecular weight is 265 g/mol. The molecule has 4 N–H and O–H groups in total. The van der Waals surface area contributed by atoms with Crippen LogP contribution in [0.4, 0.5) is 17.3 Å². The highest BCUT2D eigenvalue weighted by atomic mass is 16.6. The molecule has 0 bridgehead atoms. The number of hydrazine groups is 1. The lowest BCUT2D eigenvalue weighted by molar-refractivity contribution is -0.384. The number of nitrogens with one attached hydrogen (secondary N) is 2. The van der Waals surface area contributed by atoms with Crippen molar-refractivity contribution in [2.75, 3.05) is 10.7 Å². The van der Waals surface area contributed by atoms with E-state index < -0.39 is 4.92 Å². The molecule has 0 atom stereocenters. The van der Waals surface area contributed by atoms with Gasteiger partial charge in [0.1, 0.15) is 11.6 Å². The van der Waals surface area contributed by atoms with Crippen molar-refractivity contribution in [3.8, 4) is 0 Å². The van der Waals surface area contributed by atoms with Crippen molar-refractivity contribution in [1.29, 1.82) is 0 Å². The number of nitrogen functional groups attached to an aromatic ring is 1. The molecule has 1 aliphatic rings. The van der Waals surface area contributed by atoms with Crippen LogP contribution in [-0.4, -0.2) is 15.9 Å². The van der Waals surface area contributed by atoms with E-state index in [4.69, 9.17) is 5.84 Å². The first-order valence-corrected chi connectivity index (χ1v) is 6.58. The summed E-state index contributed by atoms with van der Waals surface area (Å²) in [7, 11) is 0. The van der Waals surface area contributed by atoms with Crippen LogP contribution in [0.5, 0.6) is 0 Å². The van der Waals surface area contributed by atoms with Gasteiger partial charge in [-0.15, -0.1) is 0 Å². The van der Waals surface area contributed by atoms with E-state index in [1.165, 1.54) is 37.8 Å². The summed E-state index contributed by atoms with van der Waals surface area (Å²) in [5, 5.41) is 14.1. The molecule has 0 aromatic carbocycles. The number of hydrogen-bond donors (Lipinski definition) is 3. The predicted octanol–water partition coefficient (Wildman–Crippen LogP) is 2.41. The van der Waals surface area contributed by atoms with Crippen LogP contribution in [0.25, 0.3) is 0 Å². The summed E-state index contributed by atoms with van der Waals surface area (Å²) >= 11 is 0. The number of rotatable bonds is 4. The SMILES string of the molecule is NNc1cc([N+](=O)[O-])cc(NC2CCCCCC2)n1. The molecule has 1 aromatic rings. The Morgan fingerprint density at radius 3 is 2.42 bits per heavy atom. The van der Waals surface area contributed by atoms with Gasteiger partial charge in [0.25, 0.3) is 5.69 Å². The number of nitro groups is 1. The largest absolute Gasteiger partial charge is 0.367 e. The summed E-state index contributed by atoms with van der Waals surface area (Å²) < 4.78 is 0. The maximum Gasteiger partial charge on any atom is 0.276 e. The Balaban J connectivity index is 2.13. The van der Waals surface area contributed by atoms with Gasteiger partial charge in [0.05, 0.1) is 17.1 Å². The number of hydrogen-bond acceptors (Lipinski definition) is 6. The van der Waals surface area contributed by atoms with Gasteiger partial charge in [-0.3, -0.25) is 10.1 Å². The average Bonchev–Trinajstić information content (AvgIpc) is 2.67. The molecule has 1 fully saturated rings. The smallest absolute Gasteiger partial charge is 0.276 e. The maximum atomic E-state index is 10.8. The second-order valence-corrected chi connectivity index (χ2v) is 4.83. The molecule has 1 saturated carbocycles. The third-order valence-electron chi connectivity index (χ3n) is 3.38. The van der Waals surface area contributed by atoms with Crippen LogP contribution >= 0.6 is 0 Å². The van der Waals surface area contributed by atoms with Crippen molar-refractivity contribution >= 4 is 17.3 Å². The number of nitrogens with zero attached hydrogens (tertiary/aromatic N) is 2. The van der Waals surface area contributed by atoms with Gasteiger partial charge in [0.15, 0.2) is 0 Å². The highest BCUT2D eigenvalue weighted by Gasteiger charge is 2.15. The monoisotopic (exact) mass is 265 g/mol. The molecule has 0 spiro atoms. The van der Waals surface area contributed by atoms with Crippen molar-refractivity contribution in [2.24, 2.45) is 5.84 Å². The molecule has 0 saturated heterocycles. The standard InChI is InChI=1S/C12H19N5O2/c13-16-12-8-10(17(18)19)7-11(15-12)14-9-5-3-1-2-4-6-9/h7-9H,1-6,13H2,(H2,14,15,16). The zero-order chi connectivity index (χ0) is 13.7. The van der Waals surface area contributed by atoms with E-state index in [0.29, 0.717) is 17.7 Å². The van der Waals surface area contributed by atoms with E-state index in [0.717, 1.165) is 12.8 Å². The first-order chi connectivity index (χ1) is 9.19. The van der Waals surface area contributed by atoms with Crippen molar-refractivity contribution < 1.29 is 4.92 Å². The van der Waals surface area contributed by atoms with Gasteiger partial charge in [0.2, 0.25) is 0 Å². The number of pyridine rings is 1. The molecule has 0 unspecified atom stereocenters. The number of anilines is 2. The van der Waals surface area contributed by atoms with E-state index in [9.17, 15) is 10.1 Å². The highest BCUT2D eigenvalue weighted by molar-refractivity contribution is 5.54. The third-order valence-corrected chi connectivity index (χ3v) is 3.38. The van der Waals surface area contributed by atoms with Crippen LogP contribution in [0.1, 0.15) is 38.5 Å². The van der Waals surface area contributed by atoms with Crippen LogP contribution < -0.4 is 16.6 Å². The Morgan fingerprint density at radius 2 is 1.84 bits per heavy atom. The first kappa shape index (κ1) is 13.5. The van der Waals surface area contributed by atoms with Gasteiger partial charge in [-0.25, -0.2) is 10.8 Å². The molecule has 19 heavy (non-hydrogen) atoms. The fraction of sp³-hybridized carbons (Fsp3) is 0.583. The number of aromatic nitrogens is 1. The minimum atomic E-state index is -0.444. The van der Waals surface area contributed by atoms with E-state index in [2.05, 4.69) is 15.7 Å². The van der Waals surface area contributed by atoms with E-state index in [1.807, 2.05) is 0 Å². The maximum absolute atomic E-state index is 10.8. The molecule has 1 aromatic heterocycles. The van der Waals surface area contributed by atoms with Gasteiger partial charge in [-0.2, -0.15) is 0 Å². The fourth-order valence-corrected chi connectivity index (χ4v) is 2.40. The summed E-state index contributed by atoms with van der Waals surface area (Å²) in [5.74, 6) is 6.09. The molecule has 1 aliphatic carbocycles. The molecule has 0 amide bonds. The van der Waals surface area contributed by atoms with Crippen LogP contribution in [-0.2, 0) is 0 Å². The Morgan fingerprint density at radius 1 is 1.21 bits per heavy atom. The predicted molar refractivity (Wildman–Crippen MR) is 73.8 cm³/mol. The summed E-state index contributed by atoms with van der Waals surface area (Å²) in [4.78, 5) is 14.6. The topological polar surface area (TPSA) is 106 Å². The van der Waals surface area contributed by atoms with Crippen LogP contribution in [0.2, 0.25) is 0 Å². The minimum absolute atomic E-state index is 0.0147. The second kappa shape index (κ2) is 6.33. The first-order valence-electron chi connectivity index (χ1n) is 6.58. The van der Waals surface area contributed by atoms with Crippen LogP contribution in [0, 0.1) is 10.1 Å². The molecular weight excluding hydrogens is 246 g/mol. The molecule has 7 nitrogen and oxygen atoms in total. The lowest BCUT2D eigenvalue weighted by Gasteiger charge is -2.17. The molecular formula is C12H19N5O2.